The summed E-state index contributed by atoms with van der Waals surface area (Å²) in [5.41, 5.74) is 1.50. The Morgan fingerprint density at radius 1 is 0.946 bits per heavy atom. The third kappa shape index (κ3) is 7.08. The van der Waals surface area contributed by atoms with E-state index in [2.05, 4.69) is 4.74 Å². The molecular weight excluding hydrogens is 489 g/mol. The Balaban J connectivity index is 1.23. The van der Waals surface area contributed by atoms with Crippen molar-refractivity contribution in [2.24, 2.45) is 11.8 Å². The lowest BCUT2D eigenvalue weighted by Crippen LogP contribution is -2.35. The highest BCUT2D eigenvalue weighted by molar-refractivity contribution is 5.79. The van der Waals surface area contributed by atoms with Gasteiger partial charge in [0.25, 0.3) is 0 Å². The van der Waals surface area contributed by atoms with Gasteiger partial charge in [0.05, 0.1) is 13.5 Å². The fraction of sp³-hybridized carbons (Fsp3) is 0.481. The van der Waals surface area contributed by atoms with Crippen LogP contribution in [0.5, 0.6) is 17.2 Å². The summed E-state index contributed by atoms with van der Waals surface area (Å²) in [6.45, 7) is 2.60. The first kappa shape index (κ1) is 26.6. The number of likely N-dealkylation sites (tertiary alicyclic amines) is 2. The van der Waals surface area contributed by atoms with Gasteiger partial charge in [0, 0.05) is 32.6 Å². The minimum Gasteiger partial charge on any atom is -0.504 e. The molecule has 10 heteroatoms. The number of halogens is 3. The highest BCUT2D eigenvalue weighted by Gasteiger charge is 2.37. The first-order valence-corrected chi connectivity index (χ1v) is 12.4. The summed E-state index contributed by atoms with van der Waals surface area (Å²) in [5.74, 6) is 0.829. The molecule has 0 spiro atoms. The lowest BCUT2D eigenvalue weighted by atomic mass is 9.92. The second kappa shape index (κ2) is 11.3. The van der Waals surface area contributed by atoms with Crippen LogP contribution in [0.25, 0.3) is 0 Å². The van der Waals surface area contributed by atoms with E-state index < -0.39 is 6.36 Å². The van der Waals surface area contributed by atoms with Crippen molar-refractivity contribution in [1.82, 2.24) is 9.80 Å². The van der Waals surface area contributed by atoms with Gasteiger partial charge in [0.1, 0.15) is 5.75 Å². The molecule has 7 nitrogen and oxygen atoms in total. The number of rotatable bonds is 7. The molecule has 2 aromatic carbocycles. The van der Waals surface area contributed by atoms with E-state index in [1.54, 1.807) is 30.3 Å². The van der Waals surface area contributed by atoms with Gasteiger partial charge in [-0.25, -0.2) is 0 Å². The average molecular weight is 521 g/mol. The van der Waals surface area contributed by atoms with Crippen molar-refractivity contribution in [1.29, 1.82) is 0 Å². The molecule has 2 saturated heterocycles. The second-order valence-corrected chi connectivity index (χ2v) is 9.65. The molecule has 200 valence electrons. The molecule has 0 radical (unpaired) electrons. The highest BCUT2D eigenvalue weighted by Crippen LogP contribution is 2.33. The van der Waals surface area contributed by atoms with Crippen molar-refractivity contribution in [3.8, 4) is 17.2 Å². The van der Waals surface area contributed by atoms with Crippen molar-refractivity contribution in [3.63, 3.8) is 0 Å². The zero-order valence-electron chi connectivity index (χ0n) is 20.7. The van der Waals surface area contributed by atoms with Crippen molar-refractivity contribution >= 4 is 11.8 Å². The summed E-state index contributed by atoms with van der Waals surface area (Å²) in [6, 6.07) is 10.6. The number of fused-ring (bicyclic) bond motifs is 1. The molecule has 2 heterocycles. The van der Waals surface area contributed by atoms with Crippen LogP contribution in [-0.2, 0) is 22.4 Å². The first-order valence-electron chi connectivity index (χ1n) is 12.4. The maximum absolute atomic E-state index is 12.9. The number of carbonyl (C=O) groups excluding carboxylic acids is 2. The maximum Gasteiger partial charge on any atom is 0.573 e. The van der Waals surface area contributed by atoms with Crippen molar-refractivity contribution in [2.45, 2.75) is 38.5 Å². The van der Waals surface area contributed by atoms with E-state index in [-0.39, 0.29) is 36.2 Å². The van der Waals surface area contributed by atoms with Crippen molar-refractivity contribution < 1.29 is 37.3 Å². The Morgan fingerprint density at radius 2 is 1.57 bits per heavy atom. The van der Waals surface area contributed by atoms with E-state index in [9.17, 15) is 27.9 Å². The molecule has 0 aromatic heterocycles. The second-order valence-electron chi connectivity index (χ2n) is 9.65. The molecule has 2 amide bonds. The van der Waals surface area contributed by atoms with Crippen LogP contribution >= 0.6 is 0 Å². The van der Waals surface area contributed by atoms with Gasteiger partial charge in [-0.2, -0.15) is 0 Å². The summed E-state index contributed by atoms with van der Waals surface area (Å²) >= 11 is 0. The molecule has 2 aromatic rings. The fourth-order valence-corrected chi connectivity index (χ4v) is 5.20. The van der Waals surface area contributed by atoms with Crippen LogP contribution in [0.15, 0.2) is 42.5 Å². The Kier molecular flexibility index (Phi) is 8.14. The molecule has 1 N–H and O–H groups in total. The Hall–Kier alpha value is -3.43. The monoisotopic (exact) mass is 520 g/mol. The summed E-state index contributed by atoms with van der Waals surface area (Å²) < 4.78 is 45.8. The number of phenols is 1. The van der Waals surface area contributed by atoms with Gasteiger partial charge in [0.2, 0.25) is 11.8 Å². The van der Waals surface area contributed by atoms with Gasteiger partial charge in [-0.15, -0.1) is 13.2 Å². The summed E-state index contributed by atoms with van der Waals surface area (Å²) in [4.78, 5) is 29.4. The Morgan fingerprint density at radius 3 is 2.14 bits per heavy atom. The zero-order chi connectivity index (χ0) is 26.6. The van der Waals surface area contributed by atoms with Crippen LogP contribution in [0.3, 0.4) is 0 Å². The number of aromatic hydroxyl groups is 1. The normalized spacial score (nSPS) is 19.8. The lowest BCUT2D eigenvalue weighted by Gasteiger charge is -2.22. The zero-order valence-corrected chi connectivity index (χ0v) is 20.7. The molecule has 0 unspecified atom stereocenters. The van der Waals surface area contributed by atoms with E-state index >= 15 is 0 Å². The summed E-state index contributed by atoms with van der Waals surface area (Å²) in [6.07, 6.45) is -2.13. The first-order chi connectivity index (χ1) is 17.6. The number of carbonyl (C=O) groups is 2. The highest BCUT2D eigenvalue weighted by atomic mass is 19.4. The van der Waals surface area contributed by atoms with Gasteiger partial charge in [-0.3, -0.25) is 9.59 Å². The lowest BCUT2D eigenvalue weighted by molar-refractivity contribution is -0.274. The standard InChI is InChI=1S/C27H31F3N2O5/c1-36-24-8-4-19(14-23(24)33)15-26(35)31-12-10-20-16-32(17-21(20)11-13-31)25(34)9-5-18-2-6-22(7-3-18)37-27(28,29)30/h2-4,6-8,14,20-21,33H,5,9-13,15-17H2,1H3/t20-,21+. The minimum atomic E-state index is -4.73. The smallest absolute Gasteiger partial charge is 0.504 e. The van der Waals surface area contributed by atoms with Crippen LogP contribution in [-0.4, -0.2) is 66.4 Å². The molecule has 2 aliphatic rings. The van der Waals surface area contributed by atoms with Gasteiger partial charge in [0.15, 0.2) is 11.5 Å². The molecule has 37 heavy (non-hydrogen) atoms. The van der Waals surface area contributed by atoms with Crippen LogP contribution in [0.2, 0.25) is 0 Å². The number of amides is 2. The van der Waals surface area contributed by atoms with Gasteiger partial charge in [-0.1, -0.05) is 18.2 Å². The predicted molar refractivity (Wildman–Crippen MR) is 129 cm³/mol. The molecule has 2 atom stereocenters. The van der Waals surface area contributed by atoms with Crippen LogP contribution in [0.4, 0.5) is 13.2 Å². The fourth-order valence-electron chi connectivity index (χ4n) is 5.20. The quantitative estimate of drug-likeness (QED) is 0.593. The number of aryl methyl sites for hydroxylation is 1. The maximum atomic E-state index is 12.9. The van der Waals surface area contributed by atoms with E-state index in [1.807, 2.05) is 9.80 Å². The molecule has 0 aliphatic carbocycles. The number of methoxy groups -OCH3 is 1. The number of alkyl halides is 3. The van der Waals surface area contributed by atoms with Crippen molar-refractivity contribution in [2.75, 3.05) is 33.3 Å². The minimum absolute atomic E-state index is 0.00967. The number of phenolic OH excluding ortho intramolecular Hbond substituents is 1. The SMILES string of the molecule is COc1ccc(CC(=O)N2CC[C@@H]3CN(C(=O)CCc4ccc(OC(F)(F)F)cc4)C[C@@H]3CC2)cc1O. The Labute approximate surface area is 213 Å². The molecule has 4 rings (SSSR count). The van der Waals surface area contributed by atoms with E-state index in [0.29, 0.717) is 50.2 Å². The third-order valence-electron chi connectivity index (χ3n) is 7.20. The van der Waals surface area contributed by atoms with E-state index in [1.165, 1.54) is 19.2 Å². The van der Waals surface area contributed by atoms with Crippen LogP contribution in [0, 0.1) is 11.8 Å². The van der Waals surface area contributed by atoms with Gasteiger partial charge >= 0.3 is 6.36 Å². The molecule has 2 fully saturated rings. The Bertz CT molecular complexity index is 1090. The topological polar surface area (TPSA) is 79.3 Å². The summed E-state index contributed by atoms with van der Waals surface area (Å²) in [5, 5.41) is 9.96. The van der Waals surface area contributed by atoms with Gasteiger partial charge < -0.3 is 24.4 Å². The molecular formula is C27H31F3N2O5. The average Bonchev–Trinajstić information content (AvgIpc) is 3.15. The van der Waals surface area contributed by atoms with Crippen LogP contribution < -0.4 is 9.47 Å². The number of nitrogens with zero attached hydrogens (tertiary/aromatic N) is 2. The summed E-state index contributed by atoms with van der Waals surface area (Å²) in [7, 11) is 1.47. The third-order valence-corrected chi connectivity index (χ3v) is 7.20. The molecule has 0 saturated carbocycles. The largest absolute Gasteiger partial charge is 0.573 e. The van der Waals surface area contributed by atoms with Crippen LogP contribution in [0.1, 0.15) is 30.4 Å². The number of hydrogen-bond acceptors (Lipinski definition) is 5. The number of ether oxygens (including phenoxy) is 2. The number of benzene rings is 2. The van der Waals surface area contributed by atoms with Gasteiger partial charge in [-0.05, 0) is 66.5 Å². The van der Waals surface area contributed by atoms with E-state index in [0.717, 1.165) is 24.0 Å². The predicted octanol–water partition coefficient (Wildman–Crippen LogP) is 4.17. The molecule has 0 bridgehead atoms. The van der Waals surface area contributed by atoms with E-state index in [4.69, 9.17) is 4.74 Å². The van der Waals surface area contributed by atoms with Crippen molar-refractivity contribution in [3.05, 3.63) is 53.6 Å². The molecule has 2 aliphatic heterocycles. The number of hydrogen-bond donors (Lipinski definition) is 1.